The first kappa shape index (κ1) is 24.6. The van der Waals surface area contributed by atoms with Crippen molar-refractivity contribution in [1.29, 1.82) is 0 Å². The Morgan fingerprint density at radius 1 is 1.31 bits per heavy atom. The largest absolute Gasteiger partial charge is 0.481 e. The van der Waals surface area contributed by atoms with Crippen LogP contribution in [0, 0.1) is 5.41 Å². The van der Waals surface area contributed by atoms with Crippen LogP contribution in [0.15, 0.2) is 30.0 Å². The predicted molar refractivity (Wildman–Crippen MR) is 126 cm³/mol. The van der Waals surface area contributed by atoms with Gasteiger partial charge in [0.2, 0.25) is 0 Å². The number of amides is 2. The number of methoxy groups -OCH3 is 1. The molecule has 7 heteroatoms. The van der Waals surface area contributed by atoms with Crippen molar-refractivity contribution < 1.29 is 19.4 Å². The molecule has 1 fully saturated rings. The fourth-order valence-corrected chi connectivity index (χ4v) is 4.82. The molecule has 0 bridgehead atoms. The molecular weight excluding hydrogens is 428 g/mol. The van der Waals surface area contributed by atoms with Crippen LogP contribution in [-0.2, 0) is 16.0 Å². The van der Waals surface area contributed by atoms with E-state index in [0.29, 0.717) is 6.42 Å². The van der Waals surface area contributed by atoms with Crippen LogP contribution in [0.2, 0.25) is 5.02 Å². The summed E-state index contributed by atoms with van der Waals surface area (Å²) in [5.41, 5.74) is 3.58. The van der Waals surface area contributed by atoms with Crippen molar-refractivity contribution in [2.45, 2.75) is 77.4 Å². The number of carbonyl (C=O) groups excluding carboxylic acids is 1. The molecule has 1 saturated carbocycles. The first-order valence-electron chi connectivity index (χ1n) is 11.4. The Labute approximate surface area is 196 Å². The number of carbonyl (C=O) groups is 2. The second-order valence-corrected chi connectivity index (χ2v) is 10.5. The highest BCUT2D eigenvalue weighted by molar-refractivity contribution is 6.31. The van der Waals surface area contributed by atoms with E-state index in [9.17, 15) is 9.59 Å². The highest BCUT2D eigenvalue weighted by Gasteiger charge is 2.37. The molecule has 0 spiro atoms. The van der Waals surface area contributed by atoms with Gasteiger partial charge in [0, 0.05) is 30.8 Å². The SMILES string of the molecule is COC1CCC(c2ccc(CCC(C)(C)C)c(Cl)c2)[C@H]2NC(=O)N(CCC(=O)O)C=C2C1. The Morgan fingerprint density at radius 2 is 2.06 bits per heavy atom. The number of carboxylic acid groups (broad SMARTS) is 1. The van der Waals surface area contributed by atoms with Gasteiger partial charge < -0.3 is 20.1 Å². The molecule has 6 nitrogen and oxygen atoms in total. The van der Waals surface area contributed by atoms with E-state index in [2.05, 4.69) is 44.3 Å². The summed E-state index contributed by atoms with van der Waals surface area (Å²) in [5.74, 6) is -0.839. The highest BCUT2D eigenvalue weighted by atomic mass is 35.5. The molecule has 1 aliphatic heterocycles. The van der Waals surface area contributed by atoms with Crippen molar-refractivity contribution in [3.8, 4) is 0 Å². The molecule has 3 atom stereocenters. The minimum atomic E-state index is -0.923. The average molecular weight is 463 g/mol. The number of aryl methyl sites for hydroxylation is 1. The third kappa shape index (κ3) is 6.26. The zero-order valence-electron chi connectivity index (χ0n) is 19.5. The standard InChI is InChI=1S/C25H35ClN2O4/c1-25(2,3)11-9-16-5-6-17(14-21(16)26)20-8-7-19(32-4)13-18-15-28(12-10-22(29)30)24(31)27-23(18)20/h5-6,14-15,19-20,23H,7-13H2,1-4H3,(H,27,31)(H,29,30)/t19?,20?,23-/m0/s1. The van der Waals surface area contributed by atoms with Crippen molar-refractivity contribution in [3.63, 3.8) is 0 Å². The molecule has 32 heavy (non-hydrogen) atoms. The zero-order valence-corrected chi connectivity index (χ0v) is 20.2. The number of nitrogens with one attached hydrogen (secondary N) is 1. The number of nitrogens with zero attached hydrogens (tertiary/aromatic N) is 1. The summed E-state index contributed by atoms with van der Waals surface area (Å²) < 4.78 is 5.68. The van der Waals surface area contributed by atoms with E-state index < -0.39 is 5.97 Å². The van der Waals surface area contributed by atoms with Crippen molar-refractivity contribution in [3.05, 3.63) is 46.1 Å². The molecule has 3 rings (SSSR count). The van der Waals surface area contributed by atoms with E-state index in [1.807, 2.05) is 6.20 Å². The fraction of sp³-hybridized carbons (Fsp3) is 0.600. The van der Waals surface area contributed by atoms with E-state index in [0.717, 1.165) is 47.4 Å². The van der Waals surface area contributed by atoms with E-state index in [-0.39, 0.29) is 42.5 Å². The Bertz CT molecular complexity index is 877. The lowest BCUT2D eigenvalue weighted by Gasteiger charge is -2.35. The number of urea groups is 1. The second kappa shape index (κ2) is 10.3. The van der Waals surface area contributed by atoms with Gasteiger partial charge in [-0.15, -0.1) is 0 Å². The van der Waals surface area contributed by atoms with Crippen LogP contribution in [0.5, 0.6) is 0 Å². The molecule has 2 aliphatic rings. The van der Waals surface area contributed by atoms with Gasteiger partial charge in [0.05, 0.1) is 18.6 Å². The molecule has 2 unspecified atom stereocenters. The number of fused-ring (bicyclic) bond motifs is 1. The number of carboxylic acids is 1. The Kier molecular flexibility index (Phi) is 7.88. The van der Waals surface area contributed by atoms with Crippen LogP contribution >= 0.6 is 11.6 Å². The smallest absolute Gasteiger partial charge is 0.321 e. The Hall–Kier alpha value is -2.05. The first-order valence-corrected chi connectivity index (χ1v) is 11.8. The maximum absolute atomic E-state index is 12.7. The molecule has 0 radical (unpaired) electrons. The first-order chi connectivity index (χ1) is 15.1. The van der Waals surface area contributed by atoms with Gasteiger partial charge in [-0.1, -0.05) is 44.5 Å². The van der Waals surface area contributed by atoms with E-state index in [4.69, 9.17) is 21.4 Å². The van der Waals surface area contributed by atoms with Crippen LogP contribution < -0.4 is 5.32 Å². The summed E-state index contributed by atoms with van der Waals surface area (Å²) in [6.07, 6.45) is 6.24. The fourth-order valence-electron chi connectivity index (χ4n) is 4.53. The van der Waals surface area contributed by atoms with Gasteiger partial charge in [-0.3, -0.25) is 4.79 Å². The van der Waals surface area contributed by atoms with Crippen molar-refractivity contribution in [2.24, 2.45) is 5.41 Å². The molecular formula is C25H35ClN2O4. The third-order valence-electron chi connectivity index (χ3n) is 6.48. The maximum atomic E-state index is 12.7. The van der Waals surface area contributed by atoms with Crippen molar-refractivity contribution >= 4 is 23.6 Å². The number of hydrogen-bond donors (Lipinski definition) is 2. The van der Waals surface area contributed by atoms with Gasteiger partial charge in [-0.25, -0.2) is 4.79 Å². The monoisotopic (exact) mass is 462 g/mol. The molecule has 2 amide bonds. The summed E-state index contributed by atoms with van der Waals surface area (Å²) >= 11 is 6.68. The number of hydrogen-bond acceptors (Lipinski definition) is 3. The minimum absolute atomic E-state index is 0.0617. The number of rotatable bonds is 7. The second-order valence-electron chi connectivity index (χ2n) is 10.1. The van der Waals surface area contributed by atoms with Crippen LogP contribution in [-0.4, -0.2) is 47.8 Å². The van der Waals surface area contributed by atoms with E-state index in [1.54, 1.807) is 7.11 Å². The quantitative estimate of drug-likeness (QED) is 0.572. The molecule has 1 aliphatic carbocycles. The van der Waals surface area contributed by atoms with Gasteiger partial charge in [-0.2, -0.15) is 0 Å². The van der Waals surface area contributed by atoms with Gasteiger partial charge in [-0.05, 0) is 60.3 Å². The zero-order chi connectivity index (χ0) is 23.5. The summed E-state index contributed by atoms with van der Waals surface area (Å²) in [6, 6.07) is 5.91. The predicted octanol–water partition coefficient (Wildman–Crippen LogP) is 5.35. The minimum Gasteiger partial charge on any atom is -0.481 e. The number of ether oxygens (including phenoxy) is 1. The van der Waals surface area contributed by atoms with Crippen LogP contribution in [0.4, 0.5) is 4.79 Å². The summed E-state index contributed by atoms with van der Waals surface area (Å²) in [6.45, 7) is 6.83. The Balaban J connectivity index is 1.86. The van der Waals surface area contributed by atoms with Gasteiger partial charge >= 0.3 is 12.0 Å². The molecule has 0 aromatic heterocycles. The van der Waals surface area contributed by atoms with Crippen LogP contribution in [0.3, 0.4) is 0 Å². The normalized spacial score (nSPS) is 23.8. The van der Waals surface area contributed by atoms with Crippen LogP contribution in [0.25, 0.3) is 0 Å². The number of aliphatic carboxylic acids is 1. The summed E-state index contributed by atoms with van der Waals surface area (Å²) in [4.78, 5) is 25.2. The highest BCUT2D eigenvalue weighted by Crippen LogP contribution is 2.39. The molecule has 0 saturated heterocycles. The van der Waals surface area contributed by atoms with E-state index in [1.165, 1.54) is 4.90 Å². The molecule has 176 valence electrons. The molecule has 1 aromatic rings. The maximum Gasteiger partial charge on any atom is 0.321 e. The van der Waals surface area contributed by atoms with Gasteiger partial charge in [0.15, 0.2) is 0 Å². The lowest BCUT2D eigenvalue weighted by Crippen LogP contribution is -2.50. The van der Waals surface area contributed by atoms with Crippen LogP contribution in [0.1, 0.15) is 69.9 Å². The van der Waals surface area contributed by atoms with Gasteiger partial charge in [0.25, 0.3) is 0 Å². The topological polar surface area (TPSA) is 78.9 Å². The van der Waals surface area contributed by atoms with Gasteiger partial charge in [0.1, 0.15) is 0 Å². The summed E-state index contributed by atoms with van der Waals surface area (Å²) in [5, 5.41) is 12.9. The van der Waals surface area contributed by atoms with E-state index >= 15 is 0 Å². The molecule has 1 heterocycles. The lowest BCUT2D eigenvalue weighted by molar-refractivity contribution is -0.137. The van der Waals surface area contributed by atoms with Crippen molar-refractivity contribution in [1.82, 2.24) is 10.2 Å². The number of benzene rings is 1. The molecule has 1 aromatic carbocycles. The molecule has 2 N–H and O–H groups in total. The summed E-state index contributed by atoms with van der Waals surface area (Å²) in [7, 11) is 1.71. The average Bonchev–Trinajstić information content (AvgIpc) is 2.89. The Morgan fingerprint density at radius 3 is 2.69 bits per heavy atom. The van der Waals surface area contributed by atoms with Crippen molar-refractivity contribution in [2.75, 3.05) is 13.7 Å². The lowest BCUT2D eigenvalue weighted by atomic mass is 9.84. The third-order valence-corrected chi connectivity index (χ3v) is 6.83. The number of halogens is 1.